The van der Waals surface area contributed by atoms with Gasteiger partial charge in [0, 0.05) is 25.2 Å². The number of hydrogen-bond donors (Lipinski definition) is 2. The molecule has 0 spiro atoms. The molecule has 2 heterocycles. The number of rotatable bonds is 7. The average Bonchev–Trinajstić information content (AvgIpc) is 3.30. The summed E-state index contributed by atoms with van der Waals surface area (Å²) in [4.78, 5) is 2.15. The van der Waals surface area contributed by atoms with Gasteiger partial charge in [0.1, 0.15) is 11.4 Å². The molecule has 0 amide bonds. The van der Waals surface area contributed by atoms with Crippen LogP contribution in [0, 0.1) is 0 Å². The summed E-state index contributed by atoms with van der Waals surface area (Å²) in [6.45, 7) is 3.79. The van der Waals surface area contributed by atoms with Crippen LogP contribution in [0.1, 0.15) is 18.2 Å². The van der Waals surface area contributed by atoms with Crippen LogP contribution >= 0.6 is 0 Å². The van der Waals surface area contributed by atoms with Crippen molar-refractivity contribution >= 4 is 0 Å². The van der Waals surface area contributed by atoms with E-state index in [9.17, 15) is 5.11 Å². The summed E-state index contributed by atoms with van der Waals surface area (Å²) < 4.78 is 10.8. The summed E-state index contributed by atoms with van der Waals surface area (Å²) in [5.41, 5.74) is 3.78. The maximum absolute atomic E-state index is 9.94. The van der Waals surface area contributed by atoms with Crippen LogP contribution in [0.2, 0.25) is 0 Å². The lowest BCUT2D eigenvalue weighted by Crippen LogP contribution is -2.30. The van der Waals surface area contributed by atoms with Gasteiger partial charge in [-0.2, -0.15) is 15.4 Å². The second kappa shape index (κ2) is 7.77. The minimum atomic E-state index is -0.453. The van der Waals surface area contributed by atoms with Crippen LogP contribution in [0.4, 0.5) is 0 Å². The fourth-order valence-corrected chi connectivity index (χ4v) is 3.26. The highest BCUT2D eigenvalue weighted by atomic mass is 16.7. The lowest BCUT2D eigenvalue weighted by atomic mass is 10.1. The van der Waals surface area contributed by atoms with Crippen molar-refractivity contribution in [2.75, 3.05) is 13.3 Å². The van der Waals surface area contributed by atoms with Gasteiger partial charge in [0.15, 0.2) is 11.5 Å². The molecule has 4 rings (SSSR count). The molecular weight excluding hydrogens is 344 g/mol. The molecule has 0 saturated heterocycles. The van der Waals surface area contributed by atoms with Crippen molar-refractivity contribution in [3.05, 3.63) is 59.8 Å². The number of ether oxygens (including phenoxy) is 2. The van der Waals surface area contributed by atoms with Crippen LogP contribution in [-0.2, 0) is 13.1 Å². The van der Waals surface area contributed by atoms with Crippen LogP contribution in [0.15, 0.2) is 48.5 Å². The van der Waals surface area contributed by atoms with Crippen LogP contribution in [0.25, 0.3) is 11.3 Å². The molecule has 1 unspecified atom stereocenters. The number of aliphatic hydroxyl groups excluding tert-OH is 1. The number of H-pyrrole nitrogens is 1. The van der Waals surface area contributed by atoms with Gasteiger partial charge in [0.2, 0.25) is 6.79 Å². The molecule has 1 aliphatic heterocycles. The molecule has 1 atom stereocenters. The van der Waals surface area contributed by atoms with Crippen molar-refractivity contribution in [1.29, 1.82) is 0 Å². The molecule has 27 heavy (non-hydrogen) atoms. The first-order valence-electron chi connectivity index (χ1n) is 8.93. The van der Waals surface area contributed by atoms with E-state index in [0.29, 0.717) is 19.6 Å². The van der Waals surface area contributed by atoms with Gasteiger partial charge in [-0.15, -0.1) is 0 Å². The molecule has 0 aliphatic carbocycles. The Labute approximate surface area is 157 Å². The Balaban J connectivity index is 1.54. The van der Waals surface area contributed by atoms with Gasteiger partial charge in [-0.3, -0.25) is 4.90 Å². The SMILES string of the molecule is CC(O)CN(Cc1ccc2c(c1)OCO2)Cc1n[nH]nc1-c1ccccc1. The molecule has 0 saturated carbocycles. The zero-order valence-corrected chi connectivity index (χ0v) is 15.1. The molecular formula is C20H22N4O3. The van der Waals surface area contributed by atoms with E-state index in [2.05, 4.69) is 20.3 Å². The minimum Gasteiger partial charge on any atom is -0.454 e. The number of nitrogens with one attached hydrogen (secondary N) is 1. The summed E-state index contributed by atoms with van der Waals surface area (Å²) in [5.74, 6) is 1.53. The topological polar surface area (TPSA) is 83.5 Å². The zero-order chi connectivity index (χ0) is 18.6. The Kier molecular flexibility index (Phi) is 5.04. The summed E-state index contributed by atoms with van der Waals surface area (Å²) >= 11 is 0. The van der Waals surface area contributed by atoms with E-state index in [1.54, 1.807) is 6.92 Å². The Morgan fingerprint density at radius 2 is 1.89 bits per heavy atom. The van der Waals surface area contributed by atoms with Gasteiger partial charge < -0.3 is 14.6 Å². The van der Waals surface area contributed by atoms with Gasteiger partial charge in [-0.05, 0) is 24.6 Å². The number of hydrogen-bond acceptors (Lipinski definition) is 6. The lowest BCUT2D eigenvalue weighted by Gasteiger charge is -2.23. The third kappa shape index (κ3) is 4.10. The van der Waals surface area contributed by atoms with E-state index in [-0.39, 0.29) is 6.79 Å². The van der Waals surface area contributed by atoms with Crippen molar-refractivity contribution in [3.8, 4) is 22.8 Å². The van der Waals surface area contributed by atoms with Crippen LogP contribution < -0.4 is 9.47 Å². The van der Waals surface area contributed by atoms with E-state index in [1.807, 2.05) is 48.5 Å². The number of aromatic nitrogens is 3. The molecule has 1 aromatic heterocycles. The Bertz CT molecular complexity index is 895. The largest absolute Gasteiger partial charge is 0.454 e. The third-order valence-corrected chi connectivity index (χ3v) is 4.41. The van der Waals surface area contributed by atoms with E-state index < -0.39 is 6.10 Å². The number of nitrogens with zero attached hydrogens (tertiary/aromatic N) is 3. The quantitative estimate of drug-likeness (QED) is 0.669. The summed E-state index contributed by atoms with van der Waals surface area (Å²) in [5, 5.41) is 21.3. The number of aromatic amines is 1. The normalized spacial score (nSPS) is 13.9. The maximum atomic E-state index is 9.94. The number of aliphatic hydroxyl groups is 1. The zero-order valence-electron chi connectivity index (χ0n) is 15.1. The first kappa shape index (κ1) is 17.5. The number of fused-ring (bicyclic) bond motifs is 1. The van der Waals surface area contributed by atoms with Crippen molar-refractivity contribution in [2.24, 2.45) is 0 Å². The smallest absolute Gasteiger partial charge is 0.231 e. The van der Waals surface area contributed by atoms with Crippen molar-refractivity contribution in [1.82, 2.24) is 20.3 Å². The molecule has 0 fully saturated rings. The highest BCUT2D eigenvalue weighted by Gasteiger charge is 2.18. The third-order valence-electron chi connectivity index (χ3n) is 4.41. The predicted octanol–water partition coefficient (Wildman–Crippen LogP) is 2.58. The molecule has 3 aromatic rings. The van der Waals surface area contributed by atoms with Gasteiger partial charge in [-0.25, -0.2) is 0 Å². The van der Waals surface area contributed by atoms with Gasteiger partial charge in [0.05, 0.1) is 6.10 Å². The molecule has 2 N–H and O–H groups in total. The first-order chi connectivity index (χ1) is 13.2. The minimum absolute atomic E-state index is 0.259. The number of benzene rings is 2. The molecule has 7 heteroatoms. The van der Waals surface area contributed by atoms with Gasteiger partial charge in [0.25, 0.3) is 0 Å². The van der Waals surface area contributed by atoms with Crippen molar-refractivity contribution < 1.29 is 14.6 Å². The van der Waals surface area contributed by atoms with E-state index in [4.69, 9.17) is 9.47 Å². The highest BCUT2D eigenvalue weighted by Crippen LogP contribution is 2.33. The average molecular weight is 366 g/mol. The fraction of sp³-hybridized carbons (Fsp3) is 0.300. The second-order valence-electron chi connectivity index (χ2n) is 6.69. The van der Waals surface area contributed by atoms with E-state index in [1.165, 1.54) is 0 Å². The maximum Gasteiger partial charge on any atom is 0.231 e. The van der Waals surface area contributed by atoms with Gasteiger partial charge in [-0.1, -0.05) is 36.4 Å². The van der Waals surface area contributed by atoms with Crippen LogP contribution in [0.3, 0.4) is 0 Å². The monoisotopic (exact) mass is 366 g/mol. The molecule has 0 radical (unpaired) electrons. The first-order valence-corrected chi connectivity index (χ1v) is 8.93. The standard InChI is InChI=1S/C20H22N4O3/c1-14(25)10-24(11-15-7-8-18-19(9-15)27-13-26-18)12-17-20(22-23-21-17)16-5-3-2-4-6-16/h2-9,14,25H,10-13H2,1H3,(H,21,22,23). The molecule has 7 nitrogen and oxygen atoms in total. The van der Waals surface area contributed by atoms with E-state index in [0.717, 1.165) is 34.0 Å². The molecule has 0 bridgehead atoms. The van der Waals surface area contributed by atoms with Crippen molar-refractivity contribution in [3.63, 3.8) is 0 Å². The summed E-state index contributed by atoms with van der Waals surface area (Å²) in [6, 6.07) is 15.9. The Hall–Kier alpha value is -2.90. The molecule has 1 aliphatic rings. The van der Waals surface area contributed by atoms with Gasteiger partial charge >= 0.3 is 0 Å². The second-order valence-corrected chi connectivity index (χ2v) is 6.69. The van der Waals surface area contributed by atoms with Crippen LogP contribution in [0.5, 0.6) is 11.5 Å². The molecule has 140 valence electrons. The lowest BCUT2D eigenvalue weighted by molar-refractivity contribution is 0.117. The van der Waals surface area contributed by atoms with E-state index >= 15 is 0 Å². The van der Waals surface area contributed by atoms with Crippen molar-refractivity contribution in [2.45, 2.75) is 26.1 Å². The fourth-order valence-electron chi connectivity index (χ4n) is 3.26. The summed E-state index contributed by atoms with van der Waals surface area (Å²) in [6.07, 6.45) is -0.453. The highest BCUT2D eigenvalue weighted by molar-refractivity contribution is 5.60. The molecule has 2 aromatic carbocycles. The van der Waals surface area contributed by atoms with Crippen LogP contribution in [-0.4, -0.2) is 44.9 Å². The summed E-state index contributed by atoms with van der Waals surface area (Å²) in [7, 11) is 0. The predicted molar refractivity (Wildman–Crippen MR) is 100 cm³/mol. The Morgan fingerprint density at radius 1 is 1.07 bits per heavy atom. The Morgan fingerprint density at radius 3 is 2.70 bits per heavy atom.